The Labute approximate surface area is 55.5 Å². The summed E-state index contributed by atoms with van der Waals surface area (Å²) in [4.78, 5) is 0. The topological polar surface area (TPSA) is 12.0 Å². The Hall–Kier alpha value is -0.720. The second-order valence-electron chi connectivity index (χ2n) is 2.51. The van der Waals surface area contributed by atoms with E-state index in [0.29, 0.717) is 0 Å². The van der Waals surface area contributed by atoms with Gasteiger partial charge in [0, 0.05) is 5.70 Å². The van der Waals surface area contributed by atoms with E-state index in [1.165, 1.54) is 18.5 Å². The molecule has 0 aromatic heterocycles. The SMILES string of the molecule is [CH]1CC2=C(C=CCC2)N1. The third-order valence-corrected chi connectivity index (χ3v) is 1.88. The molecule has 0 spiro atoms. The van der Waals surface area contributed by atoms with Gasteiger partial charge in [0.15, 0.2) is 0 Å². The Morgan fingerprint density at radius 1 is 1.44 bits per heavy atom. The van der Waals surface area contributed by atoms with Crippen LogP contribution in [-0.2, 0) is 0 Å². The molecule has 2 rings (SSSR count). The highest BCUT2D eigenvalue weighted by Crippen LogP contribution is 2.25. The summed E-state index contributed by atoms with van der Waals surface area (Å²) in [7, 11) is 0. The molecule has 2 aliphatic rings. The van der Waals surface area contributed by atoms with Gasteiger partial charge in [-0.05, 0) is 30.9 Å². The monoisotopic (exact) mass is 120 g/mol. The van der Waals surface area contributed by atoms with Gasteiger partial charge in [0.1, 0.15) is 0 Å². The van der Waals surface area contributed by atoms with Gasteiger partial charge in [-0.2, -0.15) is 0 Å². The van der Waals surface area contributed by atoms with Crippen LogP contribution in [0.4, 0.5) is 0 Å². The van der Waals surface area contributed by atoms with Crippen LogP contribution in [0.15, 0.2) is 23.4 Å². The Bertz CT molecular complexity index is 177. The molecule has 0 amide bonds. The third-order valence-electron chi connectivity index (χ3n) is 1.88. The van der Waals surface area contributed by atoms with Gasteiger partial charge in [0.25, 0.3) is 0 Å². The summed E-state index contributed by atoms with van der Waals surface area (Å²) in [5, 5.41) is 3.23. The van der Waals surface area contributed by atoms with Crippen LogP contribution < -0.4 is 5.32 Å². The van der Waals surface area contributed by atoms with Crippen LogP contribution in [0.5, 0.6) is 0 Å². The van der Waals surface area contributed by atoms with Gasteiger partial charge in [-0.15, -0.1) is 0 Å². The molecule has 9 heavy (non-hydrogen) atoms. The highest BCUT2D eigenvalue weighted by molar-refractivity contribution is 5.33. The van der Waals surface area contributed by atoms with Crippen LogP contribution in [0.2, 0.25) is 0 Å². The van der Waals surface area contributed by atoms with E-state index in [1.54, 1.807) is 5.57 Å². The summed E-state index contributed by atoms with van der Waals surface area (Å²) in [6, 6.07) is 0. The largest absolute Gasteiger partial charge is 0.380 e. The van der Waals surface area contributed by atoms with Gasteiger partial charge >= 0.3 is 0 Å². The zero-order valence-corrected chi connectivity index (χ0v) is 5.35. The molecule has 0 saturated heterocycles. The van der Waals surface area contributed by atoms with E-state index in [2.05, 4.69) is 24.0 Å². The van der Waals surface area contributed by atoms with Crippen molar-refractivity contribution in [1.82, 2.24) is 5.32 Å². The average Bonchev–Trinajstić information content (AvgIpc) is 2.33. The van der Waals surface area contributed by atoms with E-state index in [4.69, 9.17) is 0 Å². The fraction of sp³-hybridized carbons (Fsp3) is 0.375. The van der Waals surface area contributed by atoms with Crippen molar-refractivity contribution in [2.24, 2.45) is 0 Å². The van der Waals surface area contributed by atoms with Gasteiger partial charge in [0.2, 0.25) is 0 Å². The summed E-state index contributed by atoms with van der Waals surface area (Å²) in [5.41, 5.74) is 2.93. The summed E-state index contributed by atoms with van der Waals surface area (Å²) in [6.45, 7) is 2.13. The first-order valence-corrected chi connectivity index (χ1v) is 3.43. The van der Waals surface area contributed by atoms with Crippen molar-refractivity contribution in [3.05, 3.63) is 30.0 Å². The summed E-state index contributed by atoms with van der Waals surface area (Å²) in [6.07, 6.45) is 8.05. The molecule has 1 aliphatic carbocycles. The number of rotatable bonds is 0. The van der Waals surface area contributed by atoms with Gasteiger partial charge < -0.3 is 5.32 Å². The minimum Gasteiger partial charge on any atom is -0.380 e. The van der Waals surface area contributed by atoms with Crippen LogP contribution in [0.25, 0.3) is 0 Å². The molecular weight excluding hydrogens is 110 g/mol. The molecule has 0 bridgehead atoms. The zero-order valence-electron chi connectivity index (χ0n) is 5.35. The van der Waals surface area contributed by atoms with E-state index in [1.807, 2.05) is 0 Å². The van der Waals surface area contributed by atoms with E-state index >= 15 is 0 Å². The molecule has 47 valence electrons. The zero-order chi connectivity index (χ0) is 6.10. The van der Waals surface area contributed by atoms with Gasteiger partial charge in [-0.1, -0.05) is 6.08 Å². The van der Waals surface area contributed by atoms with Crippen LogP contribution in [0.3, 0.4) is 0 Å². The molecule has 0 saturated carbocycles. The quantitative estimate of drug-likeness (QED) is 0.513. The Balaban J connectivity index is 2.28. The van der Waals surface area contributed by atoms with Crippen LogP contribution in [-0.4, -0.2) is 0 Å². The normalized spacial score (nSPS) is 24.0. The van der Waals surface area contributed by atoms with Gasteiger partial charge in [-0.25, -0.2) is 0 Å². The molecular formula is C8H10N. The average molecular weight is 120 g/mol. The maximum Gasteiger partial charge on any atom is 0.0503 e. The number of nitrogens with one attached hydrogen (secondary N) is 1. The lowest BCUT2D eigenvalue weighted by Gasteiger charge is -2.05. The molecule has 1 heteroatoms. The molecule has 0 unspecified atom stereocenters. The first-order valence-electron chi connectivity index (χ1n) is 3.43. The van der Waals surface area contributed by atoms with Gasteiger partial charge in [0.05, 0.1) is 6.54 Å². The molecule has 1 nitrogen and oxygen atoms in total. The van der Waals surface area contributed by atoms with Crippen molar-refractivity contribution in [1.29, 1.82) is 0 Å². The number of allylic oxidation sites excluding steroid dienone is 2. The molecule has 1 heterocycles. The minimum absolute atomic E-state index is 1.15. The summed E-state index contributed by atoms with van der Waals surface area (Å²) < 4.78 is 0. The molecule has 0 atom stereocenters. The Morgan fingerprint density at radius 2 is 2.44 bits per heavy atom. The van der Waals surface area contributed by atoms with E-state index < -0.39 is 0 Å². The smallest absolute Gasteiger partial charge is 0.0503 e. The van der Waals surface area contributed by atoms with E-state index in [0.717, 1.165) is 6.42 Å². The summed E-state index contributed by atoms with van der Waals surface area (Å²) >= 11 is 0. The van der Waals surface area contributed by atoms with Gasteiger partial charge in [-0.3, -0.25) is 0 Å². The first-order chi connectivity index (χ1) is 4.47. The van der Waals surface area contributed by atoms with Crippen molar-refractivity contribution < 1.29 is 0 Å². The molecule has 1 radical (unpaired) electrons. The standard InChI is InChI=1S/C8H10N/c1-2-4-8-7(3-1)5-6-9-8/h2,4,6,9H,1,3,5H2. The molecule has 1 aliphatic heterocycles. The highest BCUT2D eigenvalue weighted by atomic mass is 14.9. The van der Waals surface area contributed by atoms with Crippen molar-refractivity contribution in [3.63, 3.8) is 0 Å². The molecule has 1 N–H and O–H groups in total. The lowest BCUT2D eigenvalue weighted by molar-refractivity contribution is 0.924. The molecule has 0 aromatic carbocycles. The second kappa shape index (κ2) is 1.90. The third kappa shape index (κ3) is 0.766. The highest BCUT2D eigenvalue weighted by Gasteiger charge is 2.12. The fourth-order valence-corrected chi connectivity index (χ4v) is 1.36. The Morgan fingerprint density at radius 3 is 3.33 bits per heavy atom. The molecule has 0 aromatic rings. The van der Waals surface area contributed by atoms with E-state index in [9.17, 15) is 0 Å². The maximum absolute atomic E-state index is 3.23. The number of hydrogen-bond donors (Lipinski definition) is 1. The fourth-order valence-electron chi connectivity index (χ4n) is 1.36. The summed E-state index contributed by atoms with van der Waals surface area (Å²) in [5.74, 6) is 0. The van der Waals surface area contributed by atoms with Crippen molar-refractivity contribution in [2.75, 3.05) is 0 Å². The van der Waals surface area contributed by atoms with Crippen molar-refractivity contribution >= 4 is 0 Å². The van der Waals surface area contributed by atoms with Crippen molar-refractivity contribution in [3.8, 4) is 0 Å². The lowest BCUT2D eigenvalue weighted by atomic mass is 10.0. The number of hydrogen-bond acceptors (Lipinski definition) is 1. The predicted octanol–water partition coefficient (Wildman–Crippen LogP) is 1.75. The van der Waals surface area contributed by atoms with Crippen LogP contribution in [0.1, 0.15) is 19.3 Å². The lowest BCUT2D eigenvalue weighted by Crippen LogP contribution is -2.01. The van der Waals surface area contributed by atoms with Crippen LogP contribution >= 0.6 is 0 Å². The first kappa shape index (κ1) is 5.10. The predicted molar refractivity (Wildman–Crippen MR) is 37.5 cm³/mol. The maximum atomic E-state index is 3.23. The minimum atomic E-state index is 1.15. The van der Waals surface area contributed by atoms with Crippen molar-refractivity contribution in [2.45, 2.75) is 19.3 Å². The van der Waals surface area contributed by atoms with Crippen LogP contribution in [0, 0.1) is 6.54 Å². The second-order valence-corrected chi connectivity index (χ2v) is 2.51. The molecule has 0 fully saturated rings. The Kier molecular flexibility index (Phi) is 1.08. The van der Waals surface area contributed by atoms with E-state index in [-0.39, 0.29) is 0 Å².